The largest absolute Gasteiger partial charge is 0.376 e. The van der Waals surface area contributed by atoms with E-state index in [4.69, 9.17) is 4.74 Å². The highest BCUT2D eigenvalue weighted by molar-refractivity contribution is 5.73. The fourth-order valence-corrected chi connectivity index (χ4v) is 3.22. The second-order valence-corrected chi connectivity index (χ2v) is 6.40. The van der Waals surface area contributed by atoms with Crippen molar-refractivity contribution in [1.82, 2.24) is 20.2 Å². The summed E-state index contributed by atoms with van der Waals surface area (Å²) in [5.74, 6) is 1.19. The Labute approximate surface area is 131 Å². The van der Waals surface area contributed by atoms with Gasteiger partial charge in [0.25, 0.3) is 0 Å². The minimum absolute atomic E-state index is 0.118. The van der Waals surface area contributed by atoms with E-state index in [1.165, 1.54) is 25.1 Å². The van der Waals surface area contributed by atoms with Crippen LogP contribution in [0.3, 0.4) is 0 Å². The molecule has 1 aromatic rings. The van der Waals surface area contributed by atoms with Crippen molar-refractivity contribution in [2.45, 2.75) is 57.1 Å². The highest BCUT2D eigenvalue weighted by atomic mass is 16.5. The van der Waals surface area contributed by atoms with Crippen LogP contribution in [0.2, 0.25) is 0 Å². The molecule has 3 rings (SSSR count). The quantitative estimate of drug-likeness (QED) is 0.839. The molecule has 2 N–H and O–H groups in total. The molecule has 1 aliphatic heterocycles. The lowest BCUT2D eigenvalue weighted by Gasteiger charge is -2.40. The van der Waals surface area contributed by atoms with Crippen molar-refractivity contribution in [2.24, 2.45) is 0 Å². The number of hydrogen-bond acceptors (Lipinski definition) is 3. The molecule has 1 saturated carbocycles. The van der Waals surface area contributed by atoms with E-state index in [0.717, 1.165) is 37.9 Å². The van der Waals surface area contributed by atoms with E-state index >= 15 is 0 Å². The summed E-state index contributed by atoms with van der Waals surface area (Å²) in [4.78, 5) is 16.5. The number of carbonyl (C=O) groups is 1. The van der Waals surface area contributed by atoms with Gasteiger partial charge in [-0.15, -0.1) is 0 Å². The first-order valence-electron chi connectivity index (χ1n) is 8.33. The van der Waals surface area contributed by atoms with Crippen LogP contribution in [-0.4, -0.2) is 41.4 Å². The third kappa shape index (κ3) is 3.43. The third-order valence-electron chi connectivity index (χ3n) is 4.89. The lowest BCUT2D eigenvalue weighted by molar-refractivity contribution is -0.0673. The summed E-state index contributed by atoms with van der Waals surface area (Å²) < 4.78 is 7.74. The Morgan fingerprint density at radius 2 is 2.23 bits per heavy atom. The van der Waals surface area contributed by atoms with Gasteiger partial charge in [-0.3, -0.25) is 0 Å². The molecule has 6 nitrogen and oxygen atoms in total. The summed E-state index contributed by atoms with van der Waals surface area (Å²) >= 11 is 0. The Bertz CT molecular complexity index is 493. The van der Waals surface area contributed by atoms with Crippen LogP contribution in [0.1, 0.15) is 43.6 Å². The molecular weight excluding hydrogens is 280 g/mol. The molecule has 0 saturated heterocycles. The predicted octanol–water partition coefficient (Wildman–Crippen LogP) is 1.63. The second kappa shape index (κ2) is 6.69. The van der Waals surface area contributed by atoms with E-state index in [1.807, 2.05) is 0 Å². The van der Waals surface area contributed by atoms with Gasteiger partial charge in [0.1, 0.15) is 5.82 Å². The Morgan fingerprint density at radius 3 is 2.91 bits per heavy atom. The van der Waals surface area contributed by atoms with Crippen LogP contribution in [0, 0.1) is 0 Å². The molecule has 2 heterocycles. The standard InChI is InChI=1S/C16H26N4O2/c1-22-16(7-4-8-16)12-18-15(21)17-9-6-13-11-20-10-3-2-5-14(20)19-13/h11H,2-10,12H2,1H3,(H2,17,18,21). The summed E-state index contributed by atoms with van der Waals surface area (Å²) in [5.41, 5.74) is 0.949. The maximum atomic E-state index is 11.8. The summed E-state index contributed by atoms with van der Waals surface area (Å²) in [5, 5.41) is 5.81. The first-order valence-corrected chi connectivity index (χ1v) is 8.33. The number of methoxy groups -OCH3 is 1. The van der Waals surface area contributed by atoms with Gasteiger partial charge in [0.15, 0.2) is 0 Å². The van der Waals surface area contributed by atoms with Crippen molar-refractivity contribution >= 4 is 6.03 Å². The Hall–Kier alpha value is -1.56. The predicted molar refractivity (Wildman–Crippen MR) is 83.9 cm³/mol. The van der Waals surface area contributed by atoms with Crippen LogP contribution in [0.5, 0.6) is 0 Å². The van der Waals surface area contributed by atoms with Crippen LogP contribution >= 0.6 is 0 Å². The molecule has 0 radical (unpaired) electrons. The number of imidazole rings is 1. The number of ether oxygens (including phenoxy) is 1. The minimum Gasteiger partial charge on any atom is -0.376 e. The van der Waals surface area contributed by atoms with Crippen molar-refractivity contribution < 1.29 is 9.53 Å². The van der Waals surface area contributed by atoms with Crippen LogP contribution in [0.25, 0.3) is 0 Å². The van der Waals surface area contributed by atoms with Crippen molar-refractivity contribution in [1.29, 1.82) is 0 Å². The normalized spacial score (nSPS) is 19.1. The number of nitrogens with zero attached hydrogens (tertiary/aromatic N) is 2. The van der Waals surface area contributed by atoms with Crippen LogP contribution in [-0.2, 0) is 24.1 Å². The van der Waals surface area contributed by atoms with Gasteiger partial charge in [0.2, 0.25) is 0 Å². The number of rotatable bonds is 6. The monoisotopic (exact) mass is 306 g/mol. The average molecular weight is 306 g/mol. The molecule has 122 valence electrons. The number of aromatic nitrogens is 2. The lowest BCUT2D eigenvalue weighted by atomic mass is 9.80. The number of aryl methyl sites for hydroxylation is 2. The Balaban J connectivity index is 1.37. The lowest BCUT2D eigenvalue weighted by Crippen LogP contribution is -2.51. The molecule has 1 aliphatic carbocycles. The zero-order chi connectivity index (χ0) is 15.4. The zero-order valence-corrected chi connectivity index (χ0v) is 13.4. The topological polar surface area (TPSA) is 68.2 Å². The maximum absolute atomic E-state index is 11.8. The SMILES string of the molecule is COC1(CNC(=O)NCCc2cn3c(n2)CCCC3)CCC1. The van der Waals surface area contributed by atoms with Crippen molar-refractivity contribution in [3.05, 3.63) is 17.7 Å². The van der Waals surface area contributed by atoms with E-state index in [1.54, 1.807) is 7.11 Å². The Morgan fingerprint density at radius 1 is 1.36 bits per heavy atom. The molecule has 0 spiro atoms. The second-order valence-electron chi connectivity index (χ2n) is 6.40. The summed E-state index contributed by atoms with van der Waals surface area (Å²) in [6.45, 7) is 2.28. The molecule has 2 amide bonds. The summed E-state index contributed by atoms with van der Waals surface area (Å²) in [7, 11) is 1.72. The first kappa shape index (κ1) is 15.3. The number of carbonyl (C=O) groups excluding carboxylic acids is 1. The molecule has 0 aromatic carbocycles. The third-order valence-corrected chi connectivity index (χ3v) is 4.89. The van der Waals surface area contributed by atoms with Crippen LogP contribution in [0.4, 0.5) is 4.79 Å². The highest BCUT2D eigenvalue weighted by Crippen LogP contribution is 2.34. The fourth-order valence-electron chi connectivity index (χ4n) is 3.22. The molecule has 1 fully saturated rings. The smallest absolute Gasteiger partial charge is 0.314 e. The number of urea groups is 1. The number of fused-ring (bicyclic) bond motifs is 1. The van der Waals surface area contributed by atoms with E-state index in [9.17, 15) is 4.79 Å². The van der Waals surface area contributed by atoms with E-state index in [-0.39, 0.29) is 11.6 Å². The average Bonchev–Trinajstić information content (AvgIpc) is 2.89. The van der Waals surface area contributed by atoms with Crippen LogP contribution in [0.15, 0.2) is 6.20 Å². The molecule has 0 unspecified atom stereocenters. The minimum atomic E-state index is -0.125. The van der Waals surface area contributed by atoms with E-state index in [0.29, 0.717) is 13.1 Å². The van der Waals surface area contributed by atoms with Gasteiger partial charge in [-0.25, -0.2) is 9.78 Å². The van der Waals surface area contributed by atoms with E-state index in [2.05, 4.69) is 26.4 Å². The van der Waals surface area contributed by atoms with Gasteiger partial charge in [-0.05, 0) is 32.1 Å². The van der Waals surface area contributed by atoms with Crippen molar-refractivity contribution in [2.75, 3.05) is 20.2 Å². The number of nitrogens with one attached hydrogen (secondary N) is 2. The first-order chi connectivity index (χ1) is 10.7. The van der Waals surface area contributed by atoms with Gasteiger partial charge in [-0.1, -0.05) is 0 Å². The van der Waals surface area contributed by atoms with Gasteiger partial charge in [0.05, 0.1) is 11.3 Å². The summed E-state index contributed by atoms with van der Waals surface area (Å²) in [6, 6.07) is -0.118. The van der Waals surface area contributed by atoms with Crippen LogP contribution < -0.4 is 10.6 Å². The highest BCUT2D eigenvalue weighted by Gasteiger charge is 2.37. The Kier molecular flexibility index (Phi) is 4.66. The molecule has 6 heteroatoms. The molecular formula is C16H26N4O2. The summed E-state index contributed by atoms with van der Waals surface area (Å²) in [6.07, 6.45) is 9.71. The van der Waals surface area contributed by atoms with Crippen molar-refractivity contribution in [3.8, 4) is 0 Å². The van der Waals surface area contributed by atoms with Gasteiger partial charge in [0, 0.05) is 45.8 Å². The van der Waals surface area contributed by atoms with Crippen molar-refractivity contribution in [3.63, 3.8) is 0 Å². The molecule has 0 bridgehead atoms. The molecule has 1 aromatic heterocycles. The zero-order valence-electron chi connectivity index (χ0n) is 13.4. The van der Waals surface area contributed by atoms with Gasteiger partial charge < -0.3 is 19.9 Å². The molecule has 0 atom stereocenters. The van der Waals surface area contributed by atoms with E-state index < -0.39 is 0 Å². The number of hydrogen-bond donors (Lipinski definition) is 2. The maximum Gasteiger partial charge on any atom is 0.314 e. The van der Waals surface area contributed by atoms with Gasteiger partial charge >= 0.3 is 6.03 Å². The molecule has 22 heavy (non-hydrogen) atoms. The number of amides is 2. The molecule has 2 aliphatic rings. The van der Waals surface area contributed by atoms with Gasteiger partial charge in [-0.2, -0.15) is 0 Å². The fraction of sp³-hybridized carbons (Fsp3) is 0.750.